The summed E-state index contributed by atoms with van der Waals surface area (Å²) in [4.78, 5) is 30.1. The quantitative estimate of drug-likeness (QED) is 0.155. The van der Waals surface area contributed by atoms with Gasteiger partial charge in [0.05, 0.1) is 28.5 Å². The highest BCUT2D eigenvalue weighted by Gasteiger charge is 2.53. The number of benzene rings is 2. The number of fused-ring (bicyclic) bond motifs is 2. The maximum atomic E-state index is 17.2. The van der Waals surface area contributed by atoms with Crippen LogP contribution in [0.1, 0.15) is 51.0 Å². The molecule has 1 amide bonds. The Hall–Kier alpha value is -5.44. The third kappa shape index (κ3) is 7.24. The molecule has 3 aliphatic heterocycles. The van der Waals surface area contributed by atoms with Crippen LogP contribution in [-0.4, -0.2) is 94.1 Å². The van der Waals surface area contributed by atoms with E-state index >= 15 is 8.78 Å². The fourth-order valence-corrected chi connectivity index (χ4v) is 8.45. The first kappa shape index (κ1) is 37.9. The second-order valence-corrected chi connectivity index (χ2v) is 14.6. The van der Waals surface area contributed by atoms with Gasteiger partial charge < -0.3 is 24.8 Å². The fourth-order valence-electron chi connectivity index (χ4n) is 8.45. The molecular weight excluding hydrogens is 711 g/mol. The Balaban J connectivity index is 1.37. The number of carbonyl (C=O) groups excluding carboxylic acids is 1. The number of aromatic hydroxyl groups is 1. The lowest BCUT2D eigenvalue weighted by Gasteiger charge is -2.45. The minimum atomic E-state index is -1.20. The van der Waals surface area contributed by atoms with Gasteiger partial charge in [-0.1, -0.05) is 18.6 Å². The predicted octanol–water partition coefficient (Wildman–Crippen LogP) is 5.97. The number of phenolic OH excluding ortho intramolecular Hbond substituents is 1. The van der Waals surface area contributed by atoms with Gasteiger partial charge in [0.25, 0.3) is 0 Å². The van der Waals surface area contributed by atoms with Gasteiger partial charge in [-0.25, -0.2) is 13.2 Å². The SMILES string of the molecule is C#Cc1c(F)ccc2cc(O)cc(-c3ncc4c(N5CCCCC(NC(=O)C=C)C5)nc(OC[C@]5([C@H](C)C#N)C[C@@H](F)CN5C5CCOCC5)nc4c3F)c12. The summed E-state index contributed by atoms with van der Waals surface area (Å²) < 4.78 is 59.5. The Kier molecular flexibility index (Phi) is 10.8. The number of aromatic nitrogens is 3. The maximum Gasteiger partial charge on any atom is 0.319 e. The van der Waals surface area contributed by atoms with E-state index in [1.165, 1.54) is 36.5 Å². The lowest BCUT2D eigenvalue weighted by Crippen LogP contribution is -2.57. The normalized spacial score (nSPS) is 22.8. The number of phenols is 1. The Morgan fingerprint density at radius 1 is 1.24 bits per heavy atom. The lowest BCUT2D eigenvalue weighted by molar-refractivity contribution is -0.117. The summed E-state index contributed by atoms with van der Waals surface area (Å²) in [5.74, 6) is -0.125. The number of nitrogens with zero attached hydrogens (tertiary/aromatic N) is 6. The number of nitrogens with one attached hydrogen (secondary N) is 1. The number of ether oxygens (including phenoxy) is 2. The van der Waals surface area contributed by atoms with Gasteiger partial charge >= 0.3 is 6.01 Å². The zero-order chi connectivity index (χ0) is 38.9. The van der Waals surface area contributed by atoms with Crippen molar-refractivity contribution in [3.63, 3.8) is 0 Å². The van der Waals surface area contributed by atoms with Gasteiger partial charge in [0.2, 0.25) is 5.91 Å². The molecule has 2 N–H and O–H groups in total. The van der Waals surface area contributed by atoms with Crippen LogP contribution in [-0.2, 0) is 9.53 Å². The topological polar surface area (TPSA) is 137 Å². The van der Waals surface area contributed by atoms with Crippen LogP contribution in [0.15, 0.2) is 43.1 Å². The summed E-state index contributed by atoms with van der Waals surface area (Å²) in [5, 5.41) is 24.6. The van der Waals surface area contributed by atoms with Crippen LogP contribution in [0.2, 0.25) is 0 Å². The number of anilines is 1. The molecule has 286 valence electrons. The van der Waals surface area contributed by atoms with Gasteiger partial charge in [-0.3, -0.25) is 14.7 Å². The average Bonchev–Trinajstić information content (AvgIpc) is 3.37. The van der Waals surface area contributed by atoms with Gasteiger partial charge in [0.1, 0.15) is 41.4 Å². The Labute approximate surface area is 317 Å². The van der Waals surface area contributed by atoms with Crippen LogP contribution in [0.3, 0.4) is 0 Å². The second-order valence-electron chi connectivity index (χ2n) is 14.6. The van der Waals surface area contributed by atoms with Crippen LogP contribution in [0.4, 0.5) is 19.0 Å². The molecule has 2 aromatic carbocycles. The summed E-state index contributed by atoms with van der Waals surface area (Å²) >= 11 is 0. The maximum absolute atomic E-state index is 17.2. The first-order valence-corrected chi connectivity index (χ1v) is 18.5. The smallest absolute Gasteiger partial charge is 0.319 e. The van der Waals surface area contributed by atoms with Crippen molar-refractivity contribution in [1.29, 1.82) is 5.26 Å². The highest BCUT2D eigenvalue weighted by molar-refractivity contribution is 6.03. The van der Waals surface area contributed by atoms with E-state index in [0.29, 0.717) is 56.8 Å². The molecule has 0 saturated carbocycles. The molecule has 1 unspecified atom stereocenters. The number of nitriles is 1. The van der Waals surface area contributed by atoms with Crippen molar-refractivity contribution in [3.05, 3.63) is 60.3 Å². The monoisotopic (exact) mass is 753 g/mol. The lowest BCUT2D eigenvalue weighted by atomic mass is 9.82. The molecular formula is C41H42F3N7O4. The first-order chi connectivity index (χ1) is 26.6. The third-order valence-corrected chi connectivity index (χ3v) is 11.2. The largest absolute Gasteiger partial charge is 0.508 e. The molecule has 0 radical (unpaired) electrons. The molecule has 0 aliphatic carbocycles. The highest BCUT2D eigenvalue weighted by atomic mass is 19.1. The second kappa shape index (κ2) is 15.7. The van der Waals surface area contributed by atoms with Crippen LogP contribution in [0, 0.1) is 41.2 Å². The molecule has 5 heterocycles. The van der Waals surface area contributed by atoms with Crippen LogP contribution >= 0.6 is 0 Å². The number of terminal acetylenes is 1. The molecule has 3 fully saturated rings. The van der Waals surface area contributed by atoms with E-state index in [1.54, 1.807) is 6.92 Å². The van der Waals surface area contributed by atoms with Crippen LogP contribution < -0.4 is 15.0 Å². The highest BCUT2D eigenvalue weighted by Crippen LogP contribution is 2.42. The van der Waals surface area contributed by atoms with Gasteiger partial charge in [0, 0.05) is 68.5 Å². The van der Waals surface area contributed by atoms with Crippen molar-refractivity contribution < 1.29 is 32.5 Å². The predicted molar refractivity (Wildman–Crippen MR) is 201 cm³/mol. The molecule has 7 rings (SSSR count). The molecule has 3 aliphatic rings. The molecule has 4 atom stereocenters. The number of rotatable bonds is 9. The molecule has 11 nitrogen and oxygen atoms in total. The third-order valence-electron chi connectivity index (χ3n) is 11.2. The van der Waals surface area contributed by atoms with Gasteiger partial charge in [-0.2, -0.15) is 15.2 Å². The molecule has 4 aromatic rings. The van der Waals surface area contributed by atoms with E-state index in [0.717, 1.165) is 12.8 Å². The zero-order valence-corrected chi connectivity index (χ0v) is 30.5. The standard InChI is InChI=1S/C41H42F3N7O4/c1-4-30-33(43)10-9-25-16-29(52)17-31(35(25)30)37-36(44)38-32(20-46-37)39(50-13-7-6-8-27(22-50)47-34(53)5-2)49-40(48-38)55-23-41(24(3)19-45)18-26(42)21-51(41)28-11-14-54-15-12-28/h1,5,9-10,16-17,20,24,26-28,52H,2,6-8,11-15,18,21-23H2,3H3,(H,47,53)/t24-,26-,27?,41+/m1/s1. The number of hydrogen-bond acceptors (Lipinski definition) is 10. The molecule has 14 heteroatoms. The number of alkyl halides is 1. The first-order valence-electron chi connectivity index (χ1n) is 18.5. The number of hydrogen-bond donors (Lipinski definition) is 2. The molecule has 55 heavy (non-hydrogen) atoms. The minimum Gasteiger partial charge on any atom is -0.508 e. The number of halogens is 3. The average molecular weight is 754 g/mol. The van der Waals surface area contributed by atoms with Crippen molar-refractivity contribution in [2.75, 3.05) is 44.4 Å². The fraction of sp³-hybridized carbons (Fsp3) is 0.439. The van der Waals surface area contributed by atoms with Crippen molar-refractivity contribution in [1.82, 2.24) is 25.2 Å². The Morgan fingerprint density at radius 2 is 2.04 bits per heavy atom. The van der Waals surface area contributed by atoms with Crippen LogP contribution in [0.5, 0.6) is 11.8 Å². The Morgan fingerprint density at radius 3 is 2.78 bits per heavy atom. The van der Waals surface area contributed by atoms with Crippen LogP contribution in [0.25, 0.3) is 32.9 Å². The zero-order valence-electron chi connectivity index (χ0n) is 30.5. The number of pyridine rings is 1. The molecule has 0 spiro atoms. The van der Waals surface area contributed by atoms with Gasteiger partial charge in [0.15, 0.2) is 5.82 Å². The van der Waals surface area contributed by atoms with Gasteiger partial charge in [-0.15, -0.1) is 6.42 Å². The van der Waals surface area contributed by atoms with Crippen molar-refractivity contribution >= 4 is 33.4 Å². The van der Waals surface area contributed by atoms with E-state index in [4.69, 9.17) is 20.9 Å². The van der Waals surface area contributed by atoms with E-state index < -0.39 is 29.3 Å². The summed E-state index contributed by atoms with van der Waals surface area (Å²) in [6, 6.07) is 7.11. The van der Waals surface area contributed by atoms with Crippen molar-refractivity contribution in [3.8, 4) is 41.4 Å². The summed E-state index contributed by atoms with van der Waals surface area (Å²) in [6.45, 7) is 7.19. The molecule has 0 bridgehead atoms. The Bertz CT molecular complexity index is 2220. The van der Waals surface area contributed by atoms with E-state index in [-0.39, 0.29) is 82.4 Å². The number of likely N-dealkylation sites (tertiary alicyclic amines) is 1. The number of carbonyl (C=O) groups is 1. The van der Waals surface area contributed by atoms with Crippen molar-refractivity contribution in [2.24, 2.45) is 5.92 Å². The summed E-state index contributed by atoms with van der Waals surface area (Å²) in [7, 11) is 0. The number of amides is 1. The summed E-state index contributed by atoms with van der Waals surface area (Å²) in [6.07, 6.45) is 10.8. The summed E-state index contributed by atoms with van der Waals surface area (Å²) in [5.41, 5.74) is -1.51. The molecule has 2 aromatic heterocycles. The van der Waals surface area contributed by atoms with Crippen molar-refractivity contribution in [2.45, 2.75) is 69.2 Å². The molecule has 3 saturated heterocycles. The minimum absolute atomic E-state index is 0.0253. The van der Waals surface area contributed by atoms with E-state index in [1.807, 2.05) is 9.80 Å². The van der Waals surface area contributed by atoms with E-state index in [9.17, 15) is 19.6 Å². The van der Waals surface area contributed by atoms with Gasteiger partial charge in [-0.05, 0) is 68.7 Å². The van der Waals surface area contributed by atoms with E-state index in [2.05, 4.69) is 33.9 Å².